The van der Waals surface area contributed by atoms with E-state index in [2.05, 4.69) is 79.4 Å². The Hall–Kier alpha value is -0.646. The molecule has 0 radical (unpaired) electrons. The first-order chi connectivity index (χ1) is 7.92. The van der Waals surface area contributed by atoms with Gasteiger partial charge in [0.05, 0.1) is 0 Å². The van der Waals surface area contributed by atoms with Crippen molar-refractivity contribution in [3.8, 4) is 0 Å². The normalized spacial score (nSPS) is 20.9. The van der Waals surface area contributed by atoms with Crippen LogP contribution in [-0.4, -0.2) is 16.5 Å². The van der Waals surface area contributed by atoms with Crippen LogP contribution < -0.4 is 4.65 Å². The molecule has 0 heterocycles. The zero-order chi connectivity index (χ0) is 12.5. The van der Waals surface area contributed by atoms with Gasteiger partial charge >= 0.3 is 0 Å². The topological polar surface area (TPSA) is 12.0 Å². The molecule has 0 bridgehead atoms. The SMILES string of the molecule is C[Si](C)(N[Si](C)(C)C1C=CC=C1)C1C=CC=C1. The number of allylic oxidation sites excluding steroid dienone is 8. The lowest BCUT2D eigenvalue weighted by Crippen LogP contribution is -2.62. The molecule has 0 aromatic carbocycles. The Bertz CT molecular complexity index is 340. The highest BCUT2D eigenvalue weighted by molar-refractivity contribution is 6.93. The predicted molar refractivity (Wildman–Crippen MR) is 82.2 cm³/mol. The summed E-state index contributed by atoms with van der Waals surface area (Å²) >= 11 is 0. The predicted octanol–water partition coefficient (Wildman–Crippen LogP) is 3.98. The Morgan fingerprint density at radius 1 is 0.647 bits per heavy atom. The van der Waals surface area contributed by atoms with Gasteiger partial charge in [-0.05, 0) is 0 Å². The molecule has 92 valence electrons. The number of nitrogens with one attached hydrogen (secondary N) is 1. The standard InChI is InChI=1S/C14H23NSi2/c1-16(2,13-9-5-6-10-13)15-17(3,4)14-11-7-8-12-14/h5-15H,1-4H3. The second-order valence-corrected chi connectivity index (χ2v) is 15.4. The summed E-state index contributed by atoms with van der Waals surface area (Å²) in [4.78, 5) is 0. The van der Waals surface area contributed by atoms with Crippen molar-refractivity contribution < 1.29 is 0 Å². The molecule has 0 saturated heterocycles. The van der Waals surface area contributed by atoms with Crippen LogP contribution in [0, 0.1) is 0 Å². The molecule has 1 nitrogen and oxygen atoms in total. The van der Waals surface area contributed by atoms with Crippen molar-refractivity contribution in [3.63, 3.8) is 0 Å². The number of hydrogen-bond donors (Lipinski definition) is 1. The van der Waals surface area contributed by atoms with Gasteiger partial charge in [0, 0.05) is 11.1 Å². The van der Waals surface area contributed by atoms with E-state index in [1.807, 2.05) is 0 Å². The van der Waals surface area contributed by atoms with Gasteiger partial charge in [-0.25, -0.2) is 0 Å². The maximum Gasteiger partial charge on any atom is 0.123 e. The molecular weight excluding hydrogens is 238 g/mol. The number of hydrogen-bond acceptors (Lipinski definition) is 1. The van der Waals surface area contributed by atoms with Gasteiger partial charge in [-0.1, -0.05) is 74.8 Å². The maximum absolute atomic E-state index is 4.09. The van der Waals surface area contributed by atoms with Gasteiger partial charge in [0.25, 0.3) is 0 Å². The zero-order valence-corrected chi connectivity index (χ0v) is 13.3. The summed E-state index contributed by atoms with van der Waals surface area (Å²) in [6.07, 6.45) is 18.1. The van der Waals surface area contributed by atoms with Crippen molar-refractivity contribution in [3.05, 3.63) is 48.6 Å². The molecule has 1 N–H and O–H groups in total. The van der Waals surface area contributed by atoms with E-state index in [0.717, 1.165) is 0 Å². The van der Waals surface area contributed by atoms with E-state index < -0.39 is 16.5 Å². The molecule has 0 atom stereocenters. The minimum absolute atomic E-state index is 0.656. The fourth-order valence-corrected chi connectivity index (χ4v) is 13.2. The zero-order valence-electron chi connectivity index (χ0n) is 11.3. The summed E-state index contributed by atoms with van der Waals surface area (Å²) in [7, 11) is -2.81. The molecule has 0 aromatic heterocycles. The molecule has 0 aromatic rings. The van der Waals surface area contributed by atoms with Crippen LogP contribution in [0.3, 0.4) is 0 Å². The monoisotopic (exact) mass is 261 g/mol. The Labute approximate surface area is 107 Å². The molecule has 2 rings (SSSR count). The van der Waals surface area contributed by atoms with E-state index in [4.69, 9.17) is 0 Å². The maximum atomic E-state index is 4.09. The van der Waals surface area contributed by atoms with Gasteiger partial charge < -0.3 is 4.65 Å². The van der Waals surface area contributed by atoms with Crippen LogP contribution in [-0.2, 0) is 0 Å². The van der Waals surface area contributed by atoms with Crippen LogP contribution in [0.1, 0.15) is 0 Å². The Morgan fingerprint density at radius 3 is 1.24 bits per heavy atom. The molecule has 0 amide bonds. The third kappa shape index (κ3) is 2.79. The third-order valence-electron chi connectivity index (χ3n) is 3.81. The lowest BCUT2D eigenvalue weighted by molar-refractivity contribution is 1.12. The molecule has 3 heteroatoms. The molecule has 0 unspecified atom stereocenters. The molecule has 2 aliphatic rings. The largest absolute Gasteiger partial charge is 0.358 e. The fourth-order valence-electron chi connectivity index (χ4n) is 2.82. The number of rotatable bonds is 4. The molecule has 0 aliphatic heterocycles. The molecule has 0 spiro atoms. The van der Waals surface area contributed by atoms with Crippen molar-refractivity contribution in [1.29, 1.82) is 0 Å². The first-order valence-corrected chi connectivity index (χ1v) is 12.6. The van der Waals surface area contributed by atoms with Crippen LogP contribution in [0.25, 0.3) is 0 Å². The van der Waals surface area contributed by atoms with Crippen LogP contribution in [0.2, 0.25) is 37.3 Å². The fraction of sp³-hybridized carbons (Fsp3) is 0.429. The smallest absolute Gasteiger partial charge is 0.123 e. The van der Waals surface area contributed by atoms with Crippen molar-refractivity contribution in [1.82, 2.24) is 4.65 Å². The van der Waals surface area contributed by atoms with Crippen LogP contribution in [0.4, 0.5) is 0 Å². The van der Waals surface area contributed by atoms with Crippen molar-refractivity contribution in [2.24, 2.45) is 0 Å². The van der Waals surface area contributed by atoms with Gasteiger partial charge in [-0.15, -0.1) is 0 Å². The second kappa shape index (κ2) is 4.55. The van der Waals surface area contributed by atoms with Gasteiger partial charge in [0.1, 0.15) is 16.5 Å². The third-order valence-corrected chi connectivity index (χ3v) is 13.1. The Balaban J connectivity index is 2.08. The van der Waals surface area contributed by atoms with Crippen molar-refractivity contribution in [2.45, 2.75) is 37.3 Å². The Morgan fingerprint density at radius 2 is 0.941 bits per heavy atom. The van der Waals surface area contributed by atoms with Gasteiger partial charge in [-0.2, -0.15) is 0 Å². The molecule has 2 aliphatic carbocycles. The molecule has 0 fully saturated rings. The average Bonchev–Trinajstić information content (AvgIpc) is 2.91. The van der Waals surface area contributed by atoms with E-state index >= 15 is 0 Å². The van der Waals surface area contributed by atoms with Crippen molar-refractivity contribution in [2.75, 3.05) is 0 Å². The average molecular weight is 262 g/mol. The van der Waals surface area contributed by atoms with Crippen LogP contribution in [0.15, 0.2) is 48.6 Å². The van der Waals surface area contributed by atoms with E-state index in [0.29, 0.717) is 11.1 Å². The Kier molecular flexibility index (Phi) is 3.43. The lowest BCUT2D eigenvalue weighted by atomic mass is 10.5. The minimum Gasteiger partial charge on any atom is -0.358 e. The van der Waals surface area contributed by atoms with E-state index in [1.54, 1.807) is 0 Å². The summed E-state index contributed by atoms with van der Waals surface area (Å²) < 4.78 is 4.09. The van der Waals surface area contributed by atoms with Gasteiger partial charge in [0.15, 0.2) is 0 Å². The van der Waals surface area contributed by atoms with Gasteiger partial charge in [-0.3, -0.25) is 0 Å². The van der Waals surface area contributed by atoms with Crippen molar-refractivity contribution >= 4 is 16.5 Å². The van der Waals surface area contributed by atoms with E-state index in [-0.39, 0.29) is 0 Å². The van der Waals surface area contributed by atoms with E-state index in [1.165, 1.54) is 0 Å². The summed E-state index contributed by atoms with van der Waals surface area (Å²) in [5.74, 6) is 0. The highest BCUT2D eigenvalue weighted by atomic mass is 28.4. The minimum atomic E-state index is -1.40. The summed E-state index contributed by atoms with van der Waals surface area (Å²) in [5, 5.41) is 0. The van der Waals surface area contributed by atoms with Crippen LogP contribution >= 0.6 is 0 Å². The van der Waals surface area contributed by atoms with Gasteiger partial charge in [0.2, 0.25) is 0 Å². The first kappa shape index (κ1) is 12.8. The van der Waals surface area contributed by atoms with Crippen LogP contribution in [0.5, 0.6) is 0 Å². The second-order valence-electron chi connectivity index (χ2n) is 6.16. The highest BCUT2D eigenvalue weighted by Crippen LogP contribution is 2.32. The summed E-state index contributed by atoms with van der Waals surface area (Å²) in [6.45, 7) is 9.81. The molecule has 0 saturated carbocycles. The molecule has 17 heavy (non-hydrogen) atoms. The van der Waals surface area contributed by atoms with E-state index in [9.17, 15) is 0 Å². The first-order valence-electron chi connectivity index (χ1n) is 6.41. The highest BCUT2D eigenvalue weighted by Gasteiger charge is 2.39. The molecular formula is C14H23NSi2. The lowest BCUT2D eigenvalue weighted by Gasteiger charge is -2.39. The summed E-state index contributed by atoms with van der Waals surface area (Å²) in [5.41, 5.74) is 1.31. The quantitative estimate of drug-likeness (QED) is 0.755. The summed E-state index contributed by atoms with van der Waals surface area (Å²) in [6, 6.07) is 0.